The maximum Gasteiger partial charge on any atom is 0.164 e. The van der Waals surface area contributed by atoms with Crippen molar-refractivity contribution in [2.45, 2.75) is 19.4 Å². The van der Waals surface area contributed by atoms with Crippen LogP contribution in [0.5, 0.6) is 0 Å². The fraction of sp³-hybridized carbons (Fsp3) is 0.267. The number of rotatable bonds is 3. The molecule has 0 radical (unpaired) electrons. The van der Waals surface area contributed by atoms with Crippen LogP contribution in [-0.4, -0.2) is 26.3 Å². The maximum absolute atomic E-state index is 6.06. The number of anilines is 1. The van der Waals surface area contributed by atoms with E-state index in [1.54, 1.807) is 0 Å². The summed E-state index contributed by atoms with van der Waals surface area (Å²) in [6.45, 7) is 4.49. The number of hydrogen-bond acceptors (Lipinski definition) is 5. The van der Waals surface area contributed by atoms with E-state index in [-0.39, 0.29) is 5.54 Å². The Hall–Kier alpha value is -2.47. The monoisotopic (exact) mass is 282 g/mol. The van der Waals surface area contributed by atoms with Crippen LogP contribution in [0.3, 0.4) is 0 Å². The number of benzene rings is 1. The van der Waals surface area contributed by atoms with Crippen molar-refractivity contribution in [1.29, 1.82) is 0 Å². The third-order valence-electron chi connectivity index (χ3n) is 3.61. The largest absolute Gasteiger partial charge is 0.383 e. The standard InChI is InChI=1S/C15H18N6/c1-15(2,8-16)21-14-11(13(17)18-9-19-14)12(20-21)10-6-4-3-5-7-10/h3-7,9H,8,16H2,1-2H3,(H2,17,18,19). The number of fused-ring (bicyclic) bond motifs is 1. The van der Waals surface area contributed by atoms with Gasteiger partial charge in [0, 0.05) is 12.1 Å². The predicted octanol–water partition coefficient (Wildman–Crippen LogP) is 1.77. The molecule has 2 heterocycles. The quantitative estimate of drug-likeness (QED) is 0.763. The molecule has 0 bridgehead atoms. The fourth-order valence-corrected chi connectivity index (χ4v) is 2.28. The molecular formula is C15H18N6. The topological polar surface area (TPSA) is 95.6 Å². The Morgan fingerprint density at radius 2 is 1.86 bits per heavy atom. The lowest BCUT2D eigenvalue weighted by Crippen LogP contribution is -2.36. The van der Waals surface area contributed by atoms with Crippen LogP contribution in [-0.2, 0) is 5.54 Å². The van der Waals surface area contributed by atoms with E-state index in [2.05, 4.69) is 9.97 Å². The second-order valence-electron chi connectivity index (χ2n) is 5.60. The highest BCUT2D eigenvalue weighted by Crippen LogP contribution is 2.32. The van der Waals surface area contributed by atoms with E-state index in [4.69, 9.17) is 16.6 Å². The third-order valence-corrected chi connectivity index (χ3v) is 3.61. The summed E-state index contributed by atoms with van der Waals surface area (Å²) in [5.74, 6) is 0.429. The summed E-state index contributed by atoms with van der Waals surface area (Å²) in [7, 11) is 0. The molecule has 4 N–H and O–H groups in total. The van der Waals surface area contributed by atoms with E-state index in [9.17, 15) is 0 Å². The lowest BCUT2D eigenvalue weighted by atomic mass is 10.1. The molecular weight excluding hydrogens is 264 g/mol. The molecule has 0 amide bonds. The van der Waals surface area contributed by atoms with Crippen molar-refractivity contribution in [1.82, 2.24) is 19.7 Å². The van der Waals surface area contributed by atoms with Gasteiger partial charge in [-0.1, -0.05) is 30.3 Å². The summed E-state index contributed by atoms with van der Waals surface area (Å²) >= 11 is 0. The molecule has 2 aromatic heterocycles. The van der Waals surface area contributed by atoms with Crippen LogP contribution < -0.4 is 11.5 Å². The first-order valence-corrected chi connectivity index (χ1v) is 6.80. The minimum absolute atomic E-state index is 0.355. The zero-order valence-corrected chi connectivity index (χ0v) is 12.1. The van der Waals surface area contributed by atoms with Gasteiger partial charge in [0.2, 0.25) is 0 Å². The minimum Gasteiger partial charge on any atom is -0.383 e. The summed E-state index contributed by atoms with van der Waals surface area (Å²) in [5.41, 5.74) is 14.1. The predicted molar refractivity (Wildman–Crippen MR) is 83.5 cm³/mol. The Bertz CT molecular complexity index is 775. The lowest BCUT2D eigenvalue weighted by Gasteiger charge is -2.23. The van der Waals surface area contributed by atoms with Gasteiger partial charge in [-0.3, -0.25) is 0 Å². The molecule has 0 atom stereocenters. The first-order valence-electron chi connectivity index (χ1n) is 6.80. The van der Waals surface area contributed by atoms with Gasteiger partial charge in [0.1, 0.15) is 17.8 Å². The van der Waals surface area contributed by atoms with E-state index in [0.717, 1.165) is 16.6 Å². The van der Waals surface area contributed by atoms with E-state index in [0.29, 0.717) is 18.0 Å². The molecule has 108 valence electrons. The zero-order valence-electron chi connectivity index (χ0n) is 12.1. The molecule has 0 fully saturated rings. The molecule has 3 aromatic rings. The van der Waals surface area contributed by atoms with Crippen LogP contribution in [0.4, 0.5) is 5.82 Å². The van der Waals surface area contributed by atoms with Gasteiger partial charge in [0.05, 0.1) is 10.9 Å². The van der Waals surface area contributed by atoms with Crippen molar-refractivity contribution in [3.8, 4) is 11.3 Å². The lowest BCUT2D eigenvalue weighted by molar-refractivity contribution is 0.340. The second kappa shape index (κ2) is 4.82. The maximum atomic E-state index is 6.06. The van der Waals surface area contributed by atoms with Gasteiger partial charge in [-0.05, 0) is 13.8 Å². The van der Waals surface area contributed by atoms with Crippen LogP contribution in [0.25, 0.3) is 22.3 Å². The molecule has 6 heteroatoms. The fourth-order valence-electron chi connectivity index (χ4n) is 2.28. The Balaban J connectivity index is 2.36. The summed E-state index contributed by atoms with van der Waals surface area (Å²) < 4.78 is 1.84. The van der Waals surface area contributed by atoms with E-state index >= 15 is 0 Å². The molecule has 21 heavy (non-hydrogen) atoms. The van der Waals surface area contributed by atoms with Crippen molar-refractivity contribution in [2.24, 2.45) is 5.73 Å². The number of aromatic nitrogens is 4. The normalized spacial score (nSPS) is 12.0. The van der Waals surface area contributed by atoms with Gasteiger partial charge >= 0.3 is 0 Å². The second-order valence-corrected chi connectivity index (χ2v) is 5.60. The molecule has 0 saturated heterocycles. The Morgan fingerprint density at radius 1 is 1.14 bits per heavy atom. The van der Waals surface area contributed by atoms with Gasteiger partial charge in [-0.15, -0.1) is 0 Å². The number of nitrogens with two attached hydrogens (primary N) is 2. The minimum atomic E-state index is -0.355. The van der Waals surface area contributed by atoms with Crippen LogP contribution in [0.2, 0.25) is 0 Å². The van der Waals surface area contributed by atoms with Crippen LogP contribution in [0, 0.1) is 0 Å². The average molecular weight is 282 g/mol. The van der Waals surface area contributed by atoms with Crippen molar-refractivity contribution >= 4 is 16.9 Å². The molecule has 0 aliphatic carbocycles. The van der Waals surface area contributed by atoms with Gasteiger partial charge in [-0.25, -0.2) is 14.6 Å². The number of nitrogen functional groups attached to an aromatic ring is 1. The first kappa shape index (κ1) is 13.5. The van der Waals surface area contributed by atoms with Crippen LogP contribution >= 0.6 is 0 Å². The Kier molecular flexibility index (Phi) is 3.10. The smallest absolute Gasteiger partial charge is 0.164 e. The van der Waals surface area contributed by atoms with E-state index < -0.39 is 0 Å². The highest BCUT2D eigenvalue weighted by molar-refractivity contribution is 5.98. The number of hydrogen-bond donors (Lipinski definition) is 2. The summed E-state index contributed by atoms with van der Waals surface area (Å²) in [6, 6.07) is 9.89. The molecule has 1 aromatic carbocycles. The third kappa shape index (κ3) is 2.13. The zero-order chi connectivity index (χ0) is 15.0. The highest BCUT2D eigenvalue weighted by atomic mass is 15.4. The van der Waals surface area contributed by atoms with Gasteiger partial charge in [-0.2, -0.15) is 5.10 Å². The molecule has 0 saturated carbocycles. The van der Waals surface area contributed by atoms with Crippen molar-refractivity contribution in [3.05, 3.63) is 36.7 Å². The van der Waals surface area contributed by atoms with E-state index in [1.807, 2.05) is 48.9 Å². The van der Waals surface area contributed by atoms with Gasteiger partial charge < -0.3 is 11.5 Å². The highest BCUT2D eigenvalue weighted by Gasteiger charge is 2.26. The van der Waals surface area contributed by atoms with Crippen molar-refractivity contribution < 1.29 is 0 Å². The SMILES string of the molecule is CC(C)(CN)n1nc(-c2ccccc2)c2c(N)ncnc21. The van der Waals surface area contributed by atoms with Gasteiger partial charge in [0.15, 0.2) is 5.65 Å². The van der Waals surface area contributed by atoms with Gasteiger partial charge in [0.25, 0.3) is 0 Å². The molecule has 6 nitrogen and oxygen atoms in total. The molecule has 0 unspecified atom stereocenters. The Labute approximate surface area is 122 Å². The molecule has 0 aliphatic heterocycles. The summed E-state index contributed by atoms with van der Waals surface area (Å²) in [5, 5.41) is 5.49. The molecule has 0 spiro atoms. The summed E-state index contributed by atoms with van der Waals surface area (Å²) in [4.78, 5) is 8.45. The first-order chi connectivity index (χ1) is 10.0. The average Bonchev–Trinajstić information content (AvgIpc) is 2.90. The number of nitrogens with zero attached hydrogens (tertiary/aromatic N) is 4. The van der Waals surface area contributed by atoms with Crippen molar-refractivity contribution in [2.75, 3.05) is 12.3 Å². The van der Waals surface area contributed by atoms with Crippen molar-refractivity contribution in [3.63, 3.8) is 0 Å². The summed E-state index contributed by atoms with van der Waals surface area (Å²) in [6.07, 6.45) is 1.46. The molecule has 0 aliphatic rings. The molecule has 3 rings (SSSR count). The van der Waals surface area contributed by atoms with E-state index in [1.165, 1.54) is 6.33 Å². The van der Waals surface area contributed by atoms with Crippen LogP contribution in [0.15, 0.2) is 36.7 Å². The van der Waals surface area contributed by atoms with Crippen LogP contribution in [0.1, 0.15) is 13.8 Å². The Morgan fingerprint density at radius 3 is 2.52 bits per heavy atom.